The zero-order valence-corrected chi connectivity index (χ0v) is 11.0. The molecular weight excluding hydrogens is 218 g/mol. The maximum absolute atomic E-state index is 4.34. The molecule has 3 nitrogen and oxygen atoms in total. The molecule has 1 aliphatic heterocycles. The summed E-state index contributed by atoms with van der Waals surface area (Å²) in [5.74, 6) is 0. The fourth-order valence-electron chi connectivity index (χ4n) is 2.35. The van der Waals surface area contributed by atoms with Gasteiger partial charge in [0.05, 0.1) is 11.2 Å². The van der Waals surface area contributed by atoms with Crippen molar-refractivity contribution in [1.82, 2.24) is 15.2 Å². The van der Waals surface area contributed by atoms with Crippen molar-refractivity contribution in [2.75, 3.05) is 19.6 Å². The van der Waals surface area contributed by atoms with Gasteiger partial charge in [0.1, 0.15) is 0 Å². The molecule has 1 aromatic rings. The van der Waals surface area contributed by atoms with Crippen LogP contribution in [0.15, 0.2) is 10.9 Å². The van der Waals surface area contributed by atoms with Gasteiger partial charge in [-0.15, -0.1) is 11.3 Å². The summed E-state index contributed by atoms with van der Waals surface area (Å²) in [6.45, 7) is 8.17. The van der Waals surface area contributed by atoms with Gasteiger partial charge < -0.3 is 10.2 Å². The van der Waals surface area contributed by atoms with Crippen molar-refractivity contribution in [1.29, 1.82) is 0 Å². The molecule has 0 saturated carbocycles. The molecule has 1 saturated heterocycles. The van der Waals surface area contributed by atoms with Crippen LogP contribution in [0.25, 0.3) is 0 Å². The fraction of sp³-hybridized carbons (Fsp3) is 0.750. The van der Waals surface area contributed by atoms with E-state index in [4.69, 9.17) is 0 Å². The van der Waals surface area contributed by atoms with Crippen LogP contribution in [0.5, 0.6) is 0 Å². The van der Waals surface area contributed by atoms with Crippen molar-refractivity contribution >= 4 is 11.3 Å². The molecule has 90 valence electrons. The van der Waals surface area contributed by atoms with Gasteiger partial charge in [-0.25, -0.2) is 4.98 Å². The smallest absolute Gasteiger partial charge is 0.0795 e. The number of nitrogens with zero attached hydrogens (tertiary/aromatic N) is 2. The Kier molecular flexibility index (Phi) is 4.32. The van der Waals surface area contributed by atoms with Gasteiger partial charge in [-0.2, -0.15) is 0 Å². The number of aromatic nitrogens is 1. The second-order valence-electron chi connectivity index (χ2n) is 4.71. The van der Waals surface area contributed by atoms with Gasteiger partial charge in [0.2, 0.25) is 0 Å². The van der Waals surface area contributed by atoms with Crippen LogP contribution in [0, 0.1) is 0 Å². The molecule has 2 heterocycles. The first-order valence-corrected chi connectivity index (χ1v) is 7.06. The van der Waals surface area contributed by atoms with Crippen molar-refractivity contribution in [3.63, 3.8) is 0 Å². The Morgan fingerprint density at radius 2 is 2.19 bits per heavy atom. The molecule has 2 rings (SSSR count). The van der Waals surface area contributed by atoms with Gasteiger partial charge in [-0.3, -0.25) is 0 Å². The molecule has 1 fully saturated rings. The van der Waals surface area contributed by atoms with Crippen LogP contribution in [0.3, 0.4) is 0 Å². The highest BCUT2D eigenvalue weighted by atomic mass is 32.1. The highest BCUT2D eigenvalue weighted by Crippen LogP contribution is 2.13. The van der Waals surface area contributed by atoms with Crippen molar-refractivity contribution in [3.05, 3.63) is 16.6 Å². The normalized spacial score (nSPS) is 21.1. The topological polar surface area (TPSA) is 28.2 Å². The van der Waals surface area contributed by atoms with Crippen molar-refractivity contribution in [2.24, 2.45) is 0 Å². The van der Waals surface area contributed by atoms with Crippen LogP contribution in [0.2, 0.25) is 0 Å². The molecule has 0 bridgehead atoms. The van der Waals surface area contributed by atoms with Gasteiger partial charge >= 0.3 is 0 Å². The maximum Gasteiger partial charge on any atom is 0.0795 e. The molecule has 16 heavy (non-hydrogen) atoms. The summed E-state index contributed by atoms with van der Waals surface area (Å²) in [5, 5.41) is 5.74. The lowest BCUT2D eigenvalue weighted by molar-refractivity contribution is 0.288. The van der Waals surface area contributed by atoms with Crippen molar-refractivity contribution in [2.45, 2.75) is 38.8 Å². The zero-order valence-electron chi connectivity index (χ0n) is 10.1. The molecule has 0 radical (unpaired) electrons. The zero-order chi connectivity index (χ0) is 11.4. The molecule has 1 aliphatic rings. The number of rotatable bonds is 5. The Balaban J connectivity index is 1.75. The van der Waals surface area contributed by atoms with E-state index in [-0.39, 0.29) is 0 Å². The Bertz CT molecular complexity index is 293. The van der Waals surface area contributed by atoms with E-state index in [1.165, 1.54) is 31.6 Å². The molecule has 0 amide bonds. The number of likely N-dealkylation sites (tertiary alicyclic amines) is 1. The van der Waals surface area contributed by atoms with Gasteiger partial charge in [0.15, 0.2) is 0 Å². The summed E-state index contributed by atoms with van der Waals surface area (Å²) in [6, 6.07) is 0.902. The molecule has 2 unspecified atom stereocenters. The van der Waals surface area contributed by atoms with Gasteiger partial charge in [0, 0.05) is 24.0 Å². The average Bonchev–Trinajstić information content (AvgIpc) is 2.88. The van der Waals surface area contributed by atoms with E-state index in [1.807, 2.05) is 5.51 Å². The first-order valence-electron chi connectivity index (χ1n) is 6.12. The number of hydrogen-bond donors (Lipinski definition) is 1. The number of thiazole rings is 1. The van der Waals surface area contributed by atoms with Crippen LogP contribution in [0.4, 0.5) is 0 Å². The summed E-state index contributed by atoms with van der Waals surface area (Å²) >= 11 is 1.67. The van der Waals surface area contributed by atoms with E-state index >= 15 is 0 Å². The summed E-state index contributed by atoms with van der Waals surface area (Å²) < 4.78 is 0. The van der Waals surface area contributed by atoms with Gasteiger partial charge in [0.25, 0.3) is 0 Å². The van der Waals surface area contributed by atoms with E-state index in [0.29, 0.717) is 12.1 Å². The average molecular weight is 239 g/mol. The van der Waals surface area contributed by atoms with Crippen LogP contribution >= 0.6 is 11.3 Å². The predicted octanol–water partition coefficient (Wildman–Crippen LogP) is 2.28. The van der Waals surface area contributed by atoms with E-state index < -0.39 is 0 Å². The lowest BCUT2D eigenvalue weighted by Crippen LogP contribution is -2.39. The Morgan fingerprint density at radius 3 is 2.81 bits per heavy atom. The lowest BCUT2D eigenvalue weighted by Gasteiger charge is -2.23. The third-order valence-corrected chi connectivity index (χ3v) is 3.77. The molecule has 0 spiro atoms. The second-order valence-corrected chi connectivity index (χ2v) is 5.43. The Hall–Kier alpha value is -0.450. The first kappa shape index (κ1) is 12.0. The molecular formula is C12H21N3S. The third-order valence-electron chi connectivity index (χ3n) is 3.16. The van der Waals surface area contributed by atoms with Crippen LogP contribution in [-0.2, 0) is 0 Å². The molecule has 1 N–H and O–H groups in total. The lowest BCUT2D eigenvalue weighted by atomic mass is 10.2. The van der Waals surface area contributed by atoms with Gasteiger partial charge in [-0.05, 0) is 39.8 Å². The monoisotopic (exact) mass is 239 g/mol. The molecule has 1 aromatic heterocycles. The highest BCUT2D eigenvalue weighted by Gasteiger charge is 2.16. The largest absolute Gasteiger partial charge is 0.305 e. The number of nitrogens with one attached hydrogen (secondary N) is 1. The first-order chi connectivity index (χ1) is 7.75. The minimum atomic E-state index is 0.365. The fourth-order valence-corrected chi connectivity index (χ4v) is 3.00. The summed E-state index contributed by atoms with van der Waals surface area (Å²) in [7, 11) is 0. The van der Waals surface area contributed by atoms with Gasteiger partial charge in [-0.1, -0.05) is 0 Å². The molecule has 0 aromatic carbocycles. The molecule has 2 atom stereocenters. The molecule has 0 aliphatic carbocycles. The highest BCUT2D eigenvalue weighted by molar-refractivity contribution is 7.07. The van der Waals surface area contributed by atoms with Crippen molar-refractivity contribution in [3.8, 4) is 0 Å². The second kappa shape index (κ2) is 5.75. The standard InChI is InChI=1S/C12H21N3S/c1-10(7-15-5-3-4-6-15)14-11(2)12-8-16-9-13-12/h8-11,14H,3-7H2,1-2H3. The van der Waals surface area contributed by atoms with Crippen LogP contribution in [-0.4, -0.2) is 35.6 Å². The minimum absolute atomic E-state index is 0.365. The SMILES string of the molecule is CC(CN1CCCC1)NC(C)c1cscn1. The Labute approximate surface area is 102 Å². The Morgan fingerprint density at radius 1 is 1.44 bits per heavy atom. The van der Waals surface area contributed by atoms with E-state index in [0.717, 1.165) is 6.54 Å². The maximum atomic E-state index is 4.34. The quantitative estimate of drug-likeness (QED) is 0.854. The van der Waals surface area contributed by atoms with Crippen LogP contribution < -0.4 is 5.32 Å². The van der Waals surface area contributed by atoms with Crippen LogP contribution in [0.1, 0.15) is 38.4 Å². The third kappa shape index (κ3) is 3.27. The minimum Gasteiger partial charge on any atom is -0.305 e. The van der Waals surface area contributed by atoms with E-state index in [2.05, 4.69) is 34.4 Å². The molecule has 4 heteroatoms. The predicted molar refractivity (Wildman–Crippen MR) is 68.8 cm³/mol. The summed E-state index contributed by atoms with van der Waals surface area (Å²) in [6.07, 6.45) is 2.74. The van der Waals surface area contributed by atoms with E-state index in [1.54, 1.807) is 11.3 Å². The van der Waals surface area contributed by atoms with Crippen molar-refractivity contribution < 1.29 is 0 Å². The summed E-state index contributed by atoms with van der Waals surface area (Å²) in [5.41, 5.74) is 3.07. The van der Waals surface area contributed by atoms with E-state index in [9.17, 15) is 0 Å². The summed E-state index contributed by atoms with van der Waals surface area (Å²) in [4.78, 5) is 6.89. The number of hydrogen-bond acceptors (Lipinski definition) is 4.